The highest BCUT2D eigenvalue weighted by Crippen LogP contribution is 2.31. The number of carbonyl (C=O) groups is 1. The summed E-state index contributed by atoms with van der Waals surface area (Å²) in [5.74, 6) is -0.207. The smallest absolute Gasteiger partial charge is 0.307 e. The zero-order chi connectivity index (χ0) is 18.0. The Bertz CT molecular complexity index is 944. The molecule has 0 fully saturated rings. The maximum absolute atomic E-state index is 11.8. The second-order valence-corrected chi connectivity index (χ2v) is 6.20. The number of aryl methyl sites for hydroxylation is 1. The van der Waals surface area contributed by atoms with Crippen molar-refractivity contribution in [1.29, 1.82) is 0 Å². The van der Waals surface area contributed by atoms with Gasteiger partial charge in [-0.2, -0.15) is 5.10 Å². The molecular weight excluding hydrogens is 361 g/mol. The second kappa shape index (κ2) is 7.17. The summed E-state index contributed by atoms with van der Waals surface area (Å²) in [6.07, 6.45) is 3.01. The molecule has 25 heavy (non-hydrogen) atoms. The molecule has 7 heteroatoms. The number of hydrogen-bond donors (Lipinski definition) is 1. The lowest BCUT2D eigenvalue weighted by atomic mass is 10.2. The first-order valence-electron chi connectivity index (χ1n) is 7.49. The van der Waals surface area contributed by atoms with Gasteiger partial charge in [0.15, 0.2) is 5.76 Å². The largest absolute Gasteiger partial charge is 0.459 e. The number of benzene rings is 1. The van der Waals surface area contributed by atoms with Crippen LogP contribution in [-0.2, 0) is 0 Å². The van der Waals surface area contributed by atoms with Gasteiger partial charge in [-0.05, 0) is 44.2 Å². The van der Waals surface area contributed by atoms with Gasteiger partial charge in [-0.3, -0.25) is 4.79 Å². The molecule has 5 nitrogen and oxygen atoms in total. The van der Waals surface area contributed by atoms with Crippen LogP contribution in [-0.4, -0.2) is 16.7 Å². The molecule has 0 bridgehead atoms. The van der Waals surface area contributed by atoms with Crippen LogP contribution in [0.25, 0.3) is 5.69 Å². The Balaban J connectivity index is 1.86. The highest BCUT2D eigenvalue weighted by molar-refractivity contribution is 6.43. The Morgan fingerprint density at radius 3 is 2.76 bits per heavy atom. The summed E-state index contributed by atoms with van der Waals surface area (Å²) >= 11 is 12.4. The first kappa shape index (κ1) is 17.3. The minimum atomic E-state index is -0.409. The van der Waals surface area contributed by atoms with E-state index in [1.165, 1.54) is 6.26 Å². The van der Waals surface area contributed by atoms with Crippen molar-refractivity contribution in [2.75, 3.05) is 0 Å². The number of rotatable bonds is 4. The summed E-state index contributed by atoms with van der Waals surface area (Å²) in [6.45, 7) is 3.91. The van der Waals surface area contributed by atoms with Gasteiger partial charge in [0.25, 0.3) is 0 Å². The molecule has 0 radical (unpaired) electrons. The Kier molecular flexibility index (Phi) is 4.97. The summed E-state index contributed by atoms with van der Waals surface area (Å²) in [7, 11) is 0. The van der Waals surface area contributed by atoms with Gasteiger partial charge in [0.05, 0.1) is 28.2 Å². The monoisotopic (exact) mass is 375 g/mol. The molecule has 0 aliphatic rings. The number of aromatic nitrogens is 1. The molecular formula is C18H15Cl2N3O2. The van der Waals surface area contributed by atoms with E-state index in [-0.39, 0.29) is 5.76 Å². The Morgan fingerprint density at radius 1 is 1.24 bits per heavy atom. The standard InChI is InChI=1S/C18H15Cl2N3O2/c1-11-9-13(10-21-22-18(24)16-7-4-8-25-16)12(2)23(11)15-6-3-5-14(19)17(15)20/h3-10H,1-2H3,(H,22,24)/b21-10-. The van der Waals surface area contributed by atoms with Gasteiger partial charge in [-0.1, -0.05) is 29.3 Å². The predicted octanol–water partition coefficient (Wildman–Crippen LogP) is 4.76. The van der Waals surface area contributed by atoms with Crippen LogP contribution >= 0.6 is 23.2 Å². The molecule has 0 aliphatic carbocycles. The fraction of sp³-hybridized carbons (Fsp3) is 0.111. The van der Waals surface area contributed by atoms with E-state index in [2.05, 4.69) is 10.5 Å². The number of amides is 1. The van der Waals surface area contributed by atoms with Crippen molar-refractivity contribution in [2.24, 2.45) is 5.10 Å². The van der Waals surface area contributed by atoms with Crippen molar-refractivity contribution in [1.82, 2.24) is 9.99 Å². The molecule has 0 aliphatic heterocycles. The van der Waals surface area contributed by atoms with E-state index >= 15 is 0 Å². The third-order valence-electron chi connectivity index (χ3n) is 3.76. The van der Waals surface area contributed by atoms with E-state index in [0.29, 0.717) is 10.0 Å². The highest BCUT2D eigenvalue weighted by atomic mass is 35.5. The Hall–Kier alpha value is -2.50. The van der Waals surface area contributed by atoms with Crippen LogP contribution in [0.5, 0.6) is 0 Å². The first-order chi connectivity index (χ1) is 12.0. The van der Waals surface area contributed by atoms with E-state index in [4.69, 9.17) is 27.6 Å². The van der Waals surface area contributed by atoms with Crippen LogP contribution in [0, 0.1) is 13.8 Å². The van der Waals surface area contributed by atoms with Gasteiger partial charge in [0.2, 0.25) is 0 Å². The third-order valence-corrected chi connectivity index (χ3v) is 4.57. The van der Waals surface area contributed by atoms with Crippen molar-refractivity contribution < 1.29 is 9.21 Å². The van der Waals surface area contributed by atoms with Gasteiger partial charge in [0.1, 0.15) is 0 Å². The highest BCUT2D eigenvalue weighted by Gasteiger charge is 2.14. The van der Waals surface area contributed by atoms with E-state index < -0.39 is 5.91 Å². The van der Waals surface area contributed by atoms with Gasteiger partial charge in [0, 0.05) is 17.0 Å². The van der Waals surface area contributed by atoms with E-state index in [1.54, 1.807) is 24.4 Å². The van der Waals surface area contributed by atoms with Crippen LogP contribution in [0.1, 0.15) is 27.5 Å². The van der Waals surface area contributed by atoms with Gasteiger partial charge < -0.3 is 8.98 Å². The first-order valence-corrected chi connectivity index (χ1v) is 8.25. The number of nitrogens with zero attached hydrogens (tertiary/aromatic N) is 2. The van der Waals surface area contributed by atoms with E-state index in [1.807, 2.05) is 36.6 Å². The zero-order valence-electron chi connectivity index (χ0n) is 13.6. The normalized spacial score (nSPS) is 11.2. The quantitative estimate of drug-likeness (QED) is 0.527. The molecule has 0 saturated heterocycles. The molecule has 0 atom stereocenters. The van der Waals surface area contributed by atoms with Crippen molar-refractivity contribution in [3.8, 4) is 5.69 Å². The fourth-order valence-electron chi connectivity index (χ4n) is 2.58. The average Bonchev–Trinajstić information content (AvgIpc) is 3.20. The van der Waals surface area contributed by atoms with Crippen molar-refractivity contribution in [3.63, 3.8) is 0 Å². The molecule has 3 aromatic rings. The number of hydrazone groups is 1. The number of carbonyl (C=O) groups excluding carboxylic acids is 1. The van der Waals surface area contributed by atoms with Gasteiger partial charge in [-0.25, -0.2) is 5.43 Å². The molecule has 3 rings (SSSR count). The fourth-order valence-corrected chi connectivity index (χ4v) is 2.96. The number of hydrogen-bond acceptors (Lipinski definition) is 3. The molecule has 0 unspecified atom stereocenters. The molecule has 2 aromatic heterocycles. The minimum absolute atomic E-state index is 0.202. The van der Waals surface area contributed by atoms with Crippen LogP contribution in [0.2, 0.25) is 10.0 Å². The SMILES string of the molecule is Cc1cc(/C=N\NC(=O)c2ccco2)c(C)n1-c1cccc(Cl)c1Cl. The second-order valence-electron chi connectivity index (χ2n) is 5.41. The topological polar surface area (TPSA) is 59.5 Å². The van der Waals surface area contributed by atoms with Crippen molar-refractivity contribution in [2.45, 2.75) is 13.8 Å². The van der Waals surface area contributed by atoms with Gasteiger partial charge in [-0.15, -0.1) is 0 Å². The van der Waals surface area contributed by atoms with Crippen molar-refractivity contribution >= 4 is 35.3 Å². The molecule has 1 N–H and O–H groups in total. The molecule has 128 valence electrons. The van der Waals surface area contributed by atoms with Crippen molar-refractivity contribution in [3.05, 3.63) is 75.4 Å². The van der Waals surface area contributed by atoms with E-state index in [9.17, 15) is 4.79 Å². The molecule has 1 amide bonds. The lowest BCUT2D eigenvalue weighted by Crippen LogP contribution is -2.16. The molecule has 0 saturated carbocycles. The molecule has 2 heterocycles. The number of furan rings is 1. The summed E-state index contributed by atoms with van der Waals surface area (Å²) in [5.41, 5.74) is 5.98. The zero-order valence-corrected chi connectivity index (χ0v) is 15.1. The number of halogens is 2. The van der Waals surface area contributed by atoms with Gasteiger partial charge >= 0.3 is 5.91 Å². The predicted molar refractivity (Wildman–Crippen MR) is 99.0 cm³/mol. The summed E-state index contributed by atoms with van der Waals surface area (Å²) < 4.78 is 7.00. The van der Waals surface area contributed by atoms with Crippen LogP contribution in [0.4, 0.5) is 0 Å². The van der Waals surface area contributed by atoms with Crippen LogP contribution in [0.15, 0.2) is 52.2 Å². The average molecular weight is 376 g/mol. The Labute approximate surface area is 154 Å². The minimum Gasteiger partial charge on any atom is -0.459 e. The Morgan fingerprint density at radius 2 is 2.04 bits per heavy atom. The maximum Gasteiger partial charge on any atom is 0.307 e. The summed E-state index contributed by atoms with van der Waals surface area (Å²) in [4.78, 5) is 11.8. The maximum atomic E-state index is 11.8. The lowest BCUT2D eigenvalue weighted by molar-refractivity contribution is 0.0927. The number of nitrogens with one attached hydrogen (secondary N) is 1. The summed E-state index contributed by atoms with van der Waals surface area (Å²) in [6, 6.07) is 10.6. The van der Waals surface area contributed by atoms with Crippen LogP contribution < -0.4 is 5.43 Å². The third kappa shape index (κ3) is 3.48. The van der Waals surface area contributed by atoms with E-state index in [0.717, 1.165) is 22.6 Å². The van der Waals surface area contributed by atoms with Crippen LogP contribution in [0.3, 0.4) is 0 Å². The molecule has 0 spiro atoms. The summed E-state index contributed by atoms with van der Waals surface area (Å²) in [5, 5.41) is 4.97. The molecule has 1 aromatic carbocycles. The lowest BCUT2D eigenvalue weighted by Gasteiger charge is -2.12.